The highest BCUT2D eigenvalue weighted by Gasteiger charge is 1.82. The number of pyridine rings is 1. The Hall–Kier alpha value is -1.15. The Bertz CT molecular complexity index is 231. The lowest BCUT2D eigenvalue weighted by atomic mass is 10.3. The highest BCUT2D eigenvalue weighted by Crippen LogP contribution is 1.97. The molecule has 0 aromatic carbocycles. The number of ether oxygens (including phenoxy) is 1. The molecule has 0 aliphatic carbocycles. The maximum atomic E-state index is 5.15. The lowest BCUT2D eigenvalue weighted by molar-refractivity contribution is 0.178. The highest BCUT2D eigenvalue weighted by molar-refractivity contribution is 5.47. The van der Waals surface area contributed by atoms with Gasteiger partial charge in [-0.2, -0.15) is 0 Å². The largest absolute Gasteiger partial charge is 0.378 e. The van der Waals surface area contributed by atoms with Gasteiger partial charge in [0, 0.05) is 19.0 Å². The van der Waals surface area contributed by atoms with E-state index in [9.17, 15) is 0 Å². The normalized spacial score (nSPS) is 9.64. The van der Waals surface area contributed by atoms with E-state index in [1.165, 1.54) is 0 Å². The third-order valence-electron chi connectivity index (χ3n) is 1.41. The summed E-state index contributed by atoms with van der Waals surface area (Å²) in [5.41, 5.74) is 1.11. The molecule has 0 bridgehead atoms. The van der Waals surface area contributed by atoms with Gasteiger partial charge in [0.05, 0.1) is 6.61 Å². The number of hydrogen-bond donors (Lipinski definition) is 0. The van der Waals surface area contributed by atoms with Crippen molar-refractivity contribution in [2.75, 3.05) is 13.2 Å². The molecule has 0 amide bonds. The third-order valence-corrected chi connectivity index (χ3v) is 1.41. The Balaban J connectivity index is 0.000000791. The number of nitrogens with zero attached hydrogens (tertiary/aromatic N) is 1. The summed E-state index contributed by atoms with van der Waals surface area (Å²) in [6.07, 6.45) is 7.57. The van der Waals surface area contributed by atoms with Crippen LogP contribution >= 0.6 is 0 Å². The van der Waals surface area contributed by atoms with Crippen LogP contribution in [0.5, 0.6) is 0 Å². The van der Waals surface area contributed by atoms with Crippen LogP contribution in [-0.2, 0) is 4.74 Å². The molecule has 14 heavy (non-hydrogen) atoms. The summed E-state index contributed by atoms with van der Waals surface area (Å²) in [5.74, 6) is 0. The van der Waals surface area contributed by atoms with Gasteiger partial charge in [0.1, 0.15) is 0 Å². The van der Waals surface area contributed by atoms with Gasteiger partial charge in [0.2, 0.25) is 0 Å². The van der Waals surface area contributed by atoms with Gasteiger partial charge < -0.3 is 4.74 Å². The number of aromatic nitrogens is 1. The maximum Gasteiger partial charge on any atom is 0.0650 e. The molecule has 1 aromatic rings. The summed E-state index contributed by atoms with van der Waals surface area (Å²) in [6.45, 7) is 7.42. The SMILES string of the molecule is CC.CCOC/C=C/c1cccnc1. The van der Waals surface area contributed by atoms with Gasteiger partial charge in [0.15, 0.2) is 0 Å². The average molecular weight is 193 g/mol. The second-order valence-electron chi connectivity index (χ2n) is 2.35. The molecule has 1 rings (SSSR count). The van der Waals surface area contributed by atoms with Crippen LogP contribution in [0.3, 0.4) is 0 Å². The first-order valence-corrected chi connectivity index (χ1v) is 5.08. The van der Waals surface area contributed by atoms with Crippen molar-refractivity contribution in [2.45, 2.75) is 20.8 Å². The van der Waals surface area contributed by atoms with Crippen LogP contribution in [0.2, 0.25) is 0 Å². The number of rotatable bonds is 4. The summed E-state index contributed by atoms with van der Waals surface area (Å²) in [4.78, 5) is 3.99. The summed E-state index contributed by atoms with van der Waals surface area (Å²) < 4.78 is 5.15. The van der Waals surface area contributed by atoms with Crippen molar-refractivity contribution in [3.05, 3.63) is 36.2 Å². The first kappa shape index (κ1) is 12.8. The first-order chi connectivity index (χ1) is 6.93. The van der Waals surface area contributed by atoms with Gasteiger partial charge in [-0.1, -0.05) is 32.1 Å². The average Bonchev–Trinajstić information content (AvgIpc) is 2.29. The van der Waals surface area contributed by atoms with E-state index >= 15 is 0 Å². The van der Waals surface area contributed by atoms with Crippen LogP contribution in [0.1, 0.15) is 26.3 Å². The van der Waals surface area contributed by atoms with Crippen LogP contribution in [0.4, 0.5) is 0 Å². The summed E-state index contributed by atoms with van der Waals surface area (Å²) in [5, 5.41) is 0. The second-order valence-corrected chi connectivity index (χ2v) is 2.35. The zero-order valence-electron chi connectivity index (χ0n) is 9.23. The van der Waals surface area contributed by atoms with Crippen LogP contribution in [0, 0.1) is 0 Å². The van der Waals surface area contributed by atoms with E-state index in [1.807, 2.05) is 51.3 Å². The Morgan fingerprint density at radius 2 is 2.21 bits per heavy atom. The van der Waals surface area contributed by atoms with Crippen molar-refractivity contribution in [3.8, 4) is 0 Å². The molecule has 2 heteroatoms. The van der Waals surface area contributed by atoms with Gasteiger partial charge in [0.25, 0.3) is 0 Å². The van der Waals surface area contributed by atoms with Gasteiger partial charge in [-0.3, -0.25) is 4.98 Å². The molecule has 1 aromatic heterocycles. The molecule has 1 heterocycles. The van der Waals surface area contributed by atoms with Gasteiger partial charge in [-0.25, -0.2) is 0 Å². The minimum absolute atomic E-state index is 0.672. The molecule has 0 radical (unpaired) electrons. The molecule has 0 saturated heterocycles. The molecule has 0 N–H and O–H groups in total. The van der Waals surface area contributed by atoms with Gasteiger partial charge in [-0.15, -0.1) is 0 Å². The maximum absolute atomic E-state index is 5.15. The van der Waals surface area contributed by atoms with Crippen LogP contribution in [0.25, 0.3) is 6.08 Å². The molecule has 2 nitrogen and oxygen atoms in total. The Kier molecular flexibility index (Phi) is 9.12. The summed E-state index contributed by atoms with van der Waals surface area (Å²) in [7, 11) is 0. The standard InChI is InChI=1S/C10H13NO.C2H6/c1-2-12-8-4-6-10-5-3-7-11-9-10;1-2/h3-7,9H,2,8H2,1H3;1-2H3/b6-4+;. The fourth-order valence-electron chi connectivity index (χ4n) is 0.845. The number of hydrogen-bond acceptors (Lipinski definition) is 2. The minimum atomic E-state index is 0.672. The molecule has 78 valence electrons. The van der Waals surface area contributed by atoms with E-state index in [-0.39, 0.29) is 0 Å². The van der Waals surface area contributed by atoms with E-state index in [2.05, 4.69) is 4.98 Å². The predicted octanol–water partition coefficient (Wildman–Crippen LogP) is 3.16. The molecule has 0 unspecified atom stereocenters. The molecule has 0 fully saturated rings. The van der Waals surface area contributed by atoms with E-state index in [4.69, 9.17) is 4.74 Å². The van der Waals surface area contributed by atoms with E-state index < -0.39 is 0 Å². The fourth-order valence-corrected chi connectivity index (χ4v) is 0.845. The smallest absolute Gasteiger partial charge is 0.0650 e. The zero-order chi connectivity index (χ0) is 10.6. The van der Waals surface area contributed by atoms with Gasteiger partial charge >= 0.3 is 0 Å². The van der Waals surface area contributed by atoms with Crippen molar-refractivity contribution in [1.82, 2.24) is 4.98 Å². The predicted molar refractivity (Wildman–Crippen MR) is 61.1 cm³/mol. The van der Waals surface area contributed by atoms with Crippen LogP contribution in [0.15, 0.2) is 30.6 Å². The monoisotopic (exact) mass is 193 g/mol. The Labute approximate surface area is 86.6 Å². The zero-order valence-corrected chi connectivity index (χ0v) is 9.23. The third kappa shape index (κ3) is 6.38. The van der Waals surface area contributed by atoms with E-state index in [0.717, 1.165) is 12.2 Å². The Morgan fingerprint density at radius 3 is 2.79 bits per heavy atom. The van der Waals surface area contributed by atoms with E-state index in [1.54, 1.807) is 6.20 Å². The molecule has 0 spiro atoms. The van der Waals surface area contributed by atoms with Crippen LogP contribution < -0.4 is 0 Å². The molecule has 0 aliphatic rings. The highest BCUT2D eigenvalue weighted by atomic mass is 16.5. The van der Waals surface area contributed by atoms with Gasteiger partial charge in [-0.05, 0) is 18.6 Å². The second kappa shape index (κ2) is 9.93. The van der Waals surface area contributed by atoms with Crippen molar-refractivity contribution in [3.63, 3.8) is 0 Å². The summed E-state index contributed by atoms with van der Waals surface area (Å²) in [6, 6.07) is 3.93. The Morgan fingerprint density at radius 1 is 1.43 bits per heavy atom. The van der Waals surface area contributed by atoms with Crippen LogP contribution in [-0.4, -0.2) is 18.2 Å². The summed E-state index contributed by atoms with van der Waals surface area (Å²) >= 11 is 0. The fraction of sp³-hybridized carbons (Fsp3) is 0.417. The minimum Gasteiger partial charge on any atom is -0.378 e. The lowest BCUT2D eigenvalue weighted by Gasteiger charge is -1.93. The molecule has 0 atom stereocenters. The topological polar surface area (TPSA) is 22.1 Å². The molecular weight excluding hydrogens is 174 g/mol. The van der Waals surface area contributed by atoms with Crippen molar-refractivity contribution in [1.29, 1.82) is 0 Å². The quantitative estimate of drug-likeness (QED) is 0.685. The molecular formula is C12H19NO. The lowest BCUT2D eigenvalue weighted by Crippen LogP contribution is -1.87. The van der Waals surface area contributed by atoms with Crippen molar-refractivity contribution < 1.29 is 4.74 Å². The van der Waals surface area contributed by atoms with Crippen molar-refractivity contribution in [2.24, 2.45) is 0 Å². The van der Waals surface area contributed by atoms with E-state index in [0.29, 0.717) is 6.61 Å². The van der Waals surface area contributed by atoms with Crippen molar-refractivity contribution >= 4 is 6.08 Å². The molecule has 0 aliphatic heterocycles. The first-order valence-electron chi connectivity index (χ1n) is 5.08. The molecule has 0 saturated carbocycles.